The first-order valence-corrected chi connectivity index (χ1v) is 4.21. The molecule has 80 valence electrons. The van der Waals surface area contributed by atoms with Gasteiger partial charge in [-0.25, -0.2) is 4.79 Å². The van der Waals surface area contributed by atoms with Crippen LogP contribution in [0.5, 0.6) is 0 Å². The van der Waals surface area contributed by atoms with Gasteiger partial charge in [-0.3, -0.25) is 0 Å². The van der Waals surface area contributed by atoms with Crippen LogP contribution in [0.15, 0.2) is 48.1 Å². The maximum atomic E-state index is 9.25. The predicted octanol–water partition coefficient (Wildman–Crippen LogP) is 2.14. The SMILES string of the molecule is C=CC(=O)O.CC(=NO)c1ccccc1. The second-order valence-corrected chi connectivity index (χ2v) is 2.59. The first-order valence-electron chi connectivity index (χ1n) is 4.21. The molecule has 0 spiro atoms. The van der Waals surface area contributed by atoms with Crippen LogP contribution in [-0.2, 0) is 4.79 Å². The Morgan fingerprint density at radius 2 is 1.87 bits per heavy atom. The molecule has 0 atom stereocenters. The summed E-state index contributed by atoms with van der Waals surface area (Å²) in [4.78, 5) is 9.25. The van der Waals surface area contributed by atoms with Crippen LogP contribution in [0.4, 0.5) is 0 Å². The second kappa shape index (κ2) is 7.32. The third-order valence-electron chi connectivity index (χ3n) is 1.52. The van der Waals surface area contributed by atoms with Gasteiger partial charge in [-0.05, 0) is 12.5 Å². The van der Waals surface area contributed by atoms with E-state index < -0.39 is 5.97 Å². The standard InChI is InChI=1S/C8H9NO.C3H4O2/c1-7(9-10)8-5-3-2-4-6-8;1-2-3(4)5/h2-6,10H,1H3;2H,1H2,(H,4,5). The van der Waals surface area contributed by atoms with E-state index in [1.165, 1.54) is 0 Å². The maximum Gasteiger partial charge on any atom is 0.327 e. The Hall–Kier alpha value is -2.10. The largest absolute Gasteiger partial charge is 0.478 e. The van der Waals surface area contributed by atoms with Crippen LogP contribution >= 0.6 is 0 Å². The summed E-state index contributed by atoms with van der Waals surface area (Å²) in [5.41, 5.74) is 1.59. The molecule has 0 aliphatic heterocycles. The lowest BCUT2D eigenvalue weighted by Gasteiger charge is -1.94. The molecule has 1 rings (SSSR count). The van der Waals surface area contributed by atoms with E-state index in [2.05, 4.69) is 11.7 Å². The van der Waals surface area contributed by atoms with Crippen molar-refractivity contribution in [2.75, 3.05) is 0 Å². The second-order valence-electron chi connectivity index (χ2n) is 2.59. The molecule has 0 saturated heterocycles. The molecule has 0 radical (unpaired) electrons. The van der Waals surface area contributed by atoms with Gasteiger partial charge in [0.15, 0.2) is 0 Å². The normalized spacial score (nSPS) is 9.80. The molecule has 4 nitrogen and oxygen atoms in total. The van der Waals surface area contributed by atoms with Gasteiger partial charge in [0.1, 0.15) is 0 Å². The van der Waals surface area contributed by atoms with Gasteiger partial charge in [0.25, 0.3) is 0 Å². The number of carboxylic acid groups (broad SMARTS) is 1. The number of benzene rings is 1. The number of oxime groups is 1. The van der Waals surface area contributed by atoms with Gasteiger partial charge >= 0.3 is 5.97 Å². The fraction of sp³-hybridized carbons (Fsp3) is 0.0909. The number of hydrogen-bond acceptors (Lipinski definition) is 3. The molecule has 0 fully saturated rings. The van der Waals surface area contributed by atoms with Gasteiger partial charge in [0, 0.05) is 6.08 Å². The van der Waals surface area contributed by atoms with E-state index in [9.17, 15) is 4.79 Å². The molecule has 0 aromatic heterocycles. The summed E-state index contributed by atoms with van der Waals surface area (Å²) in [5.74, 6) is -0.981. The third-order valence-corrected chi connectivity index (χ3v) is 1.52. The van der Waals surface area contributed by atoms with E-state index in [4.69, 9.17) is 10.3 Å². The fourth-order valence-corrected chi connectivity index (χ4v) is 0.737. The smallest absolute Gasteiger partial charge is 0.327 e. The molecule has 0 aliphatic carbocycles. The Morgan fingerprint density at radius 1 is 1.40 bits per heavy atom. The fourth-order valence-electron chi connectivity index (χ4n) is 0.737. The van der Waals surface area contributed by atoms with Gasteiger partial charge in [-0.2, -0.15) is 0 Å². The Balaban J connectivity index is 0.000000336. The van der Waals surface area contributed by atoms with Gasteiger partial charge in [0.05, 0.1) is 5.71 Å². The zero-order valence-electron chi connectivity index (χ0n) is 8.42. The summed E-state index contributed by atoms with van der Waals surface area (Å²) in [6.07, 6.45) is 0.833. The number of nitrogens with zero attached hydrogens (tertiary/aromatic N) is 1. The summed E-state index contributed by atoms with van der Waals surface area (Å²) in [6, 6.07) is 9.53. The molecular weight excluding hydrogens is 194 g/mol. The summed E-state index contributed by atoms with van der Waals surface area (Å²) < 4.78 is 0. The van der Waals surface area contributed by atoms with Crippen LogP contribution < -0.4 is 0 Å². The zero-order chi connectivity index (χ0) is 11.7. The van der Waals surface area contributed by atoms with E-state index in [1.54, 1.807) is 6.92 Å². The molecule has 15 heavy (non-hydrogen) atoms. The van der Waals surface area contributed by atoms with Crippen LogP contribution in [0.1, 0.15) is 12.5 Å². The van der Waals surface area contributed by atoms with Crippen LogP contribution in [0, 0.1) is 0 Å². The molecule has 0 aliphatic rings. The molecule has 4 heteroatoms. The minimum Gasteiger partial charge on any atom is -0.478 e. The van der Waals surface area contributed by atoms with Gasteiger partial charge in [0.2, 0.25) is 0 Å². The van der Waals surface area contributed by atoms with Crippen molar-refractivity contribution in [3.63, 3.8) is 0 Å². The topological polar surface area (TPSA) is 69.9 Å². The lowest BCUT2D eigenvalue weighted by molar-refractivity contribution is -0.131. The van der Waals surface area contributed by atoms with Crippen LogP contribution in [0.25, 0.3) is 0 Å². The van der Waals surface area contributed by atoms with Crippen LogP contribution in [0.2, 0.25) is 0 Å². The average molecular weight is 207 g/mol. The van der Waals surface area contributed by atoms with E-state index >= 15 is 0 Å². The number of carbonyl (C=O) groups is 1. The monoisotopic (exact) mass is 207 g/mol. The molecule has 0 bridgehead atoms. The zero-order valence-corrected chi connectivity index (χ0v) is 8.42. The molecule has 1 aromatic carbocycles. The van der Waals surface area contributed by atoms with Crippen molar-refractivity contribution in [3.05, 3.63) is 48.6 Å². The van der Waals surface area contributed by atoms with E-state index in [-0.39, 0.29) is 0 Å². The van der Waals surface area contributed by atoms with Crippen LogP contribution in [-0.4, -0.2) is 22.0 Å². The molecule has 0 amide bonds. The highest BCUT2D eigenvalue weighted by molar-refractivity contribution is 5.98. The van der Waals surface area contributed by atoms with Crippen LogP contribution in [0.3, 0.4) is 0 Å². The van der Waals surface area contributed by atoms with E-state index in [0.29, 0.717) is 5.71 Å². The van der Waals surface area contributed by atoms with Gasteiger partial charge < -0.3 is 10.3 Å². The molecule has 2 N–H and O–H groups in total. The Bertz CT molecular complexity index is 344. The highest BCUT2D eigenvalue weighted by Crippen LogP contribution is 1.99. The van der Waals surface area contributed by atoms with Crippen molar-refractivity contribution in [1.29, 1.82) is 0 Å². The summed E-state index contributed by atoms with van der Waals surface area (Å²) in [5, 5.41) is 19.1. The average Bonchev–Trinajstić information content (AvgIpc) is 2.30. The van der Waals surface area contributed by atoms with Crippen molar-refractivity contribution in [3.8, 4) is 0 Å². The Kier molecular flexibility index (Phi) is 6.29. The maximum absolute atomic E-state index is 9.25. The molecular formula is C11H13NO3. The molecule has 1 aromatic rings. The summed E-state index contributed by atoms with van der Waals surface area (Å²) >= 11 is 0. The number of aliphatic carboxylic acids is 1. The predicted molar refractivity (Wildman–Crippen MR) is 58.3 cm³/mol. The number of hydrogen-bond donors (Lipinski definition) is 2. The highest BCUT2D eigenvalue weighted by Gasteiger charge is 1.92. The first-order chi connectivity index (χ1) is 7.11. The Labute approximate surface area is 88.2 Å². The third kappa shape index (κ3) is 6.04. The van der Waals surface area contributed by atoms with Crippen molar-refractivity contribution >= 4 is 11.7 Å². The lowest BCUT2D eigenvalue weighted by Crippen LogP contribution is -1.92. The first kappa shape index (κ1) is 12.9. The molecule has 0 heterocycles. The lowest BCUT2D eigenvalue weighted by atomic mass is 10.1. The number of rotatable bonds is 2. The van der Waals surface area contributed by atoms with Crippen molar-refractivity contribution in [2.24, 2.45) is 5.16 Å². The van der Waals surface area contributed by atoms with Crippen molar-refractivity contribution < 1.29 is 15.1 Å². The van der Waals surface area contributed by atoms with Gasteiger partial charge in [-0.1, -0.05) is 42.1 Å². The Morgan fingerprint density at radius 3 is 2.20 bits per heavy atom. The number of carboxylic acids is 1. The summed E-state index contributed by atoms with van der Waals surface area (Å²) in [6.45, 7) is 4.72. The molecule has 0 unspecified atom stereocenters. The van der Waals surface area contributed by atoms with E-state index in [0.717, 1.165) is 11.6 Å². The van der Waals surface area contributed by atoms with Gasteiger partial charge in [-0.15, -0.1) is 0 Å². The van der Waals surface area contributed by atoms with Crippen molar-refractivity contribution in [2.45, 2.75) is 6.92 Å². The minimum atomic E-state index is -0.981. The minimum absolute atomic E-state index is 0.639. The highest BCUT2D eigenvalue weighted by atomic mass is 16.4. The quantitative estimate of drug-likeness (QED) is 0.338. The summed E-state index contributed by atoms with van der Waals surface area (Å²) in [7, 11) is 0. The molecule has 0 saturated carbocycles. The van der Waals surface area contributed by atoms with Crippen molar-refractivity contribution in [1.82, 2.24) is 0 Å². The van der Waals surface area contributed by atoms with E-state index in [1.807, 2.05) is 30.3 Å².